The predicted octanol–water partition coefficient (Wildman–Crippen LogP) is 2.85. The molecule has 142 valence electrons. The Hall–Kier alpha value is -1.79. The van der Waals surface area contributed by atoms with Crippen LogP contribution in [0.3, 0.4) is 0 Å². The van der Waals surface area contributed by atoms with Crippen LogP contribution in [0.25, 0.3) is 0 Å². The Morgan fingerprint density at radius 1 is 1.04 bits per heavy atom. The first-order chi connectivity index (χ1) is 12.5. The van der Waals surface area contributed by atoms with Crippen molar-refractivity contribution in [3.63, 3.8) is 0 Å². The van der Waals surface area contributed by atoms with Crippen LogP contribution in [-0.2, 0) is 5.54 Å². The molecule has 1 atom stereocenters. The molecule has 0 saturated carbocycles. The Morgan fingerprint density at radius 2 is 1.69 bits per heavy atom. The fourth-order valence-electron chi connectivity index (χ4n) is 3.56. The van der Waals surface area contributed by atoms with Crippen molar-refractivity contribution in [2.24, 2.45) is 0 Å². The number of rotatable bonds is 6. The molecule has 2 heterocycles. The van der Waals surface area contributed by atoms with Gasteiger partial charge in [0.2, 0.25) is 0 Å². The van der Waals surface area contributed by atoms with Crippen molar-refractivity contribution in [2.75, 3.05) is 32.7 Å². The SMILES string of the molecule is CCN1CCN([C@H](c2ccc(C)cc2)c2nnnn2C(C)(C)CC)CC1. The second-order valence-electron chi connectivity index (χ2n) is 7.90. The monoisotopic (exact) mass is 356 g/mol. The first-order valence-electron chi connectivity index (χ1n) is 9.78. The van der Waals surface area contributed by atoms with Crippen molar-refractivity contribution in [1.82, 2.24) is 30.0 Å². The van der Waals surface area contributed by atoms with Gasteiger partial charge in [0.15, 0.2) is 5.82 Å². The van der Waals surface area contributed by atoms with Crippen LogP contribution in [0.2, 0.25) is 0 Å². The third kappa shape index (κ3) is 3.81. The lowest BCUT2D eigenvalue weighted by Gasteiger charge is -2.39. The highest BCUT2D eigenvalue weighted by molar-refractivity contribution is 5.28. The molecular formula is C20H32N6. The molecule has 0 spiro atoms. The fourth-order valence-corrected chi connectivity index (χ4v) is 3.56. The van der Waals surface area contributed by atoms with Crippen molar-refractivity contribution in [3.8, 4) is 0 Å². The molecule has 1 aliphatic heterocycles. The fraction of sp³-hybridized carbons (Fsp3) is 0.650. The Morgan fingerprint density at radius 3 is 2.27 bits per heavy atom. The van der Waals surface area contributed by atoms with Gasteiger partial charge in [-0.15, -0.1) is 5.10 Å². The number of benzene rings is 1. The Labute approximate surface area is 157 Å². The summed E-state index contributed by atoms with van der Waals surface area (Å²) in [6.45, 7) is 16.3. The van der Waals surface area contributed by atoms with Crippen molar-refractivity contribution < 1.29 is 0 Å². The maximum atomic E-state index is 4.49. The summed E-state index contributed by atoms with van der Waals surface area (Å²) in [7, 11) is 0. The standard InChI is InChI=1S/C20H32N6/c1-6-20(4,5)26-19(21-22-23-26)18(17-10-8-16(3)9-11-17)25-14-12-24(7-2)13-15-25/h8-11,18H,6-7,12-15H2,1-5H3/t18-/m1/s1. The molecule has 2 aromatic rings. The summed E-state index contributed by atoms with van der Waals surface area (Å²) in [4.78, 5) is 5.03. The van der Waals surface area contributed by atoms with E-state index in [9.17, 15) is 0 Å². The van der Waals surface area contributed by atoms with Crippen LogP contribution >= 0.6 is 0 Å². The smallest absolute Gasteiger partial charge is 0.173 e. The molecular weight excluding hydrogens is 324 g/mol. The molecule has 3 rings (SSSR count). The van der Waals surface area contributed by atoms with Gasteiger partial charge in [0.1, 0.15) is 0 Å². The first kappa shape index (κ1) is 19.0. The number of tetrazole rings is 1. The highest BCUT2D eigenvalue weighted by Gasteiger charge is 2.33. The highest BCUT2D eigenvalue weighted by Crippen LogP contribution is 2.31. The minimum atomic E-state index is -0.104. The summed E-state index contributed by atoms with van der Waals surface area (Å²) in [6.07, 6.45) is 0.981. The minimum Gasteiger partial charge on any atom is -0.301 e. The molecule has 0 aliphatic carbocycles. The van der Waals surface area contributed by atoms with Gasteiger partial charge in [-0.1, -0.05) is 43.7 Å². The number of likely N-dealkylation sites (N-methyl/N-ethyl adjacent to an activating group) is 1. The number of hydrogen-bond donors (Lipinski definition) is 0. The van der Waals surface area contributed by atoms with E-state index in [2.05, 4.69) is 84.2 Å². The number of hydrogen-bond acceptors (Lipinski definition) is 5. The summed E-state index contributed by atoms with van der Waals surface area (Å²) >= 11 is 0. The third-order valence-corrected chi connectivity index (χ3v) is 5.79. The van der Waals surface area contributed by atoms with Crippen LogP contribution in [0.1, 0.15) is 57.1 Å². The molecule has 1 aromatic carbocycles. The van der Waals surface area contributed by atoms with Crippen LogP contribution in [0.5, 0.6) is 0 Å². The van der Waals surface area contributed by atoms with E-state index in [1.807, 2.05) is 4.68 Å². The number of aromatic nitrogens is 4. The molecule has 26 heavy (non-hydrogen) atoms. The van der Waals surface area contributed by atoms with E-state index in [1.165, 1.54) is 11.1 Å². The summed E-state index contributed by atoms with van der Waals surface area (Å²) in [5.74, 6) is 0.950. The zero-order valence-electron chi connectivity index (χ0n) is 16.8. The lowest BCUT2D eigenvalue weighted by molar-refractivity contribution is 0.105. The van der Waals surface area contributed by atoms with E-state index >= 15 is 0 Å². The molecule has 6 nitrogen and oxygen atoms in total. The number of piperazine rings is 1. The average Bonchev–Trinajstić information content (AvgIpc) is 3.14. The molecule has 1 fully saturated rings. The van der Waals surface area contributed by atoms with E-state index in [4.69, 9.17) is 0 Å². The molecule has 0 N–H and O–H groups in total. The second-order valence-corrected chi connectivity index (χ2v) is 7.90. The van der Waals surface area contributed by atoms with Crippen molar-refractivity contribution in [3.05, 3.63) is 41.2 Å². The third-order valence-electron chi connectivity index (χ3n) is 5.79. The van der Waals surface area contributed by atoms with Gasteiger partial charge in [-0.25, -0.2) is 4.68 Å². The Kier molecular flexibility index (Phi) is 5.73. The van der Waals surface area contributed by atoms with Gasteiger partial charge in [0.05, 0.1) is 11.6 Å². The lowest BCUT2D eigenvalue weighted by Crippen LogP contribution is -2.48. The topological polar surface area (TPSA) is 50.1 Å². The highest BCUT2D eigenvalue weighted by atomic mass is 15.6. The van der Waals surface area contributed by atoms with Gasteiger partial charge < -0.3 is 4.90 Å². The van der Waals surface area contributed by atoms with Crippen molar-refractivity contribution in [1.29, 1.82) is 0 Å². The number of nitrogens with zero attached hydrogens (tertiary/aromatic N) is 6. The minimum absolute atomic E-state index is 0.0930. The summed E-state index contributed by atoms with van der Waals surface area (Å²) < 4.78 is 2.03. The largest absolute Gasteiger partial charge is 0.301 e. The molecule has 0 unspecified atom stereocenters. The van der Waals surface area contributed by atoms with Crippen LogP contribution in [-0.4, -0.2) is 62.7 Å². The second kappa shape index (κ2) is 7.84. The molecule has 0 amide bonds. The van der Waals surface area contributed by atoms with Crippen LogP contribution < -0.4 is 0 Å². The molecule has 1 aromatic heterocycles. The molecule has 0 radical (unpaired) electrons. The van der Waals surface area contributed by atoms with E-state index in [0.717, 1.165) is 45.0 Å². The van der Waals surface area contributed by atoms with E-state index in [-0.39, 0.29) is 11.6 Å². The summed E-state index contributed by atoms with van der Waals surface area (Å²) in [6, 6.07) is 8.91. The maximum absolute atomic E-state index is 4.49. The Bertz CT molecular complexity index is 697. The van der Waals surface area contributed by atoms with Crippen LogP contribution in [0.4, 0.5) is 0 Å². The van der Waals surface area contributed by atoms with Gasteiger partial charge in [-0.3, -0.25) is 4.90 Å². The van der Waals surface area contributed by atoms with E-state index < -0.39 is 0 Å². The van der Waals surface area contributed by atoms with Gasteiger partial charge in [-0.2, -0.15) is 0 Å². The van der Waals surface area contributed by atoms with Crippen LogP contribution in [0, 0.1) is 6.92 Å². The van der Waals surface area contributed by atoms with Gasteiger partial charge >= 0.3 is 0 Å². The summed E-state index contributed by atoms with van der Waals surface area (Å²) in [5.41, 5.74) is 2.44. The van der Waals surface area contributed by atoms with Gasteiger partial charge in [0.25, 0.3) is 0 Å². The van der Waals surface area contributed by atoms with Crippen molar-refractivity contribution >= 4 is 0 Å². The van der Waals surface area contributed by atoms with Crippen molar-refractivity contribution in [2.45, 2.75) is 52.6 Å². The van der Waals surface area contributed by atoms with E-state index in [1.54, 1.807) is 0 Å². The maximum Gasteiger partial charge on any atom is 0.173 e. The molecule has 1 aliphatic rings. The quantitative estimate of drug-likeness (QED) is 0.797. The Balaban J connectivity index is 1.99. The normalized spacial score (nSPS) is 18.2. The first-order valence-corrected chi connectivity index (χ1v) is 9.78. The van der Waals surface area contributed by atoms with Gasteiger partial charge in [0, 0.05) is 26.2 Å². The summed E-state index contributed by atoms with van der Waals surface area (Å²) in [5, 5.41) is 12.9. The molecule has 6 heteroatoms. The van der Waals surface area contributed by atoms with Crippen LogP contribution in [0.15, 0.2) is 24.3 Å². The van der Waals surface area contributed by atoms with E-state index in [0.29, 0.717) is 0 Å². The van der Waals surface area contributed by atoms with Gasteiger partial charge in [-0.05, 0) is 49.7 Å². The average molecular weight is 357 g/mol. The zero-order valence-corrected chi connectivity index (χ0v) is 16.8. The number of aryl methyl sites for hydroxylation is 1. The predicted molar refractivity (Wildman–Crippen MR) is 104 cm³/mol. The molecule has 0 bridgehead atoms. The molecule has 1 saturated heterocycles. The lowest BCUT2D eigenvalue weighted by atomic mass is 9.98. The zero-order chi connectivity index (χ0) is 18.7.